The first-order chi connectivity index (χ1) is 8.19. The number of carbonyl (C=O) groups is 1. The van der Waals surface area contributed by atoms with Crippen molar-refractivity contribution < 1.29 is 9.90 Å². The van der Waals surface area contributed by atoms with Gasteiger partial charge in [0.15, 0.2) is 5.69 Å². The zero-order valence-corrected chi connectivity index (χ0v) is 9.41. The van der Waals surface area contributed by atoms with Crippen LogP contribution in [0.15, 0.2) is 6.20 Å². The van der Waals surface area contributed by atoms with Crippen LogP contribution in [0.4, 0.5) is 0 Å². The van der Waals surface area contributed by atoms with E-state index in [-0.39, 0.29) is 12.5 Å². The van der Waals surface area contributed by atoms with Gasteiger partial charge in [0.05, 0.1) is 12.2 Å². The lowest BCUT2D eigenvalue weighted by atomic mass is 10.0. The molecule has 2 rings (SSSR count). The van der Waals surface area contributed by atoms with E-state index in [0.717, 1.165) is 25.7 Å². The molecule has 6 heteroatoms. The molecule has 2 atom stereocenters. The second-order valence-electron chi connectivity index (χ2n) is 4.46. The fraction of sp³-hybridized carbons (Fsp3) is 0.636. The number of nitrogens with zero attached hydrogens (tertiary/aromatic N) is 4. The minimum Gasteiger partial charge on any atom is -0.481 e. The first-order valence-electron chi connectivity index (χ1n) is 5.72. The monoisotopic (exact) mass is 234 g/mol. The number of hydrogen-bond donors (Lipinski definition) is 1. The lowest BCUT2D eigenvalue weighted by Gasteiger charge is -2.09. The van der Waals surface area contributed by atoms with Gasteiger partial charge in [-0.2, -0.15) is 5.26 Å². The largest absolute Gasteiger partial charge is 0.481 e. The maximum absolute atomic E-state index is 10.5. The summed E-state index contributed by atoms with van der Waals surface area (Å²) in [7, 11) is 0. The van der Waals surface area contributed by atoms with Crippen molar-refractivity contribution in [1.29, 1.82) is 5.26 Å². The predicted molar refractivity (Wildman–Crippen MR) is 58.0 cm³/mol. The minimum atomic E-state index is -0.735. The molecule has 17 heavy (non-hydrogen) atoms. The van der Waals surface area contributed by atoms with Crippen LogP contribution in [0.25, 0.3) is 0 Å². The van der Waals surface area contributed by atoms with Gasteiger partial charge < -0.3 is 5.11 Å². The molecule has 6 nitrogen and oxygen atoms in total. The molecule has 0 amide bonds. The van der Waals surface area contributed by atoms with E-state index in [2.05, 4.69) is 10.3 Å². The van der Waals surface area contributed by atoms with Crippen LogP contribution in [0.1, 0.15) is 43.8 Å². The number of hydrogen-bond acceptors (Lipinski definition) is 4. The average molecular weight is 234 g/mol. The van der Waals surface area contributed by atoms with Crippen molar-refractivity contribution >= 4 is 5.97 Å². The molecule has 1 aromatic rings. The molecule has 1 fully saturated rings. The Labute approximate surface area is 98.9 Å². The SMILES string of the molecule is N#Cc1cn(C2CCC(CCC(=O)O)C2)nn1. The summed E-state index contributed by atoms with van der Waals surface area (Å²) in [4.78, 5) is 10.5. The van der Waals surface area contributed by atoms with Gasteiger partial charge in [0, 0.05) is 6.42 Å². The van der Waals surface area contributed by atoms with Crippen molar-refractivity contribution in [3.63, 3.8) is 0 Å². The Morgan fingerprint density at radius 2 is 2.47 bits per heavy atom. The first-order valence-corrected chi connectivity index (χ1v) is 5.72. The van der Waals surface area contributed by atoms with Gasteiger partial charge in [-0.3, -0.25) is 4.79 Å². The lowest BCUT2D eigenvalue weighted by molar-refractivity contribution is -0.137. The Morgan fingerprint density at radius 3 is 3.12 bits per heavy atom. The number of carboxylic acids is 1. The van der Waals surface area contributed by atoms with Gasteiger partial charge in [0.25, 0.3) is 0 Å². The molecule has 1 aromatic heterocycles. The molecule has 0 radical (unpaired) electrons. The van der Waals surface area contributed by atoms with Gasteiger partial charge in [-0.05, 0) is 31.6 Å². The topological polar surface area (TPSA) is 91.8 Å². The molecule has 0 spiro atoms. The first kappa shape index (κ1) is 11.6. The van der Waals surface area contributed by atoms with E-state index in [4.69, 9.17) is 10.4 Å². The Balaban J connectivity index is 1.89. The zero-order chi connectivity index (χ0) is 12.3. The van der Waals surface area contributed by atoms with Crippen LogP contribution in [0.5, 0.6) is 0 Å². The molecule has 1 saturated carbocycles. The normalized spacial score (nSPS) is 23.5. The minimum absolute atomic E-state index is 0.234. The molecule has 1 aliphatic rings. The van der Waals surface area contributed by atoms with Crippen molar-refractivity contribution in [2.45, 2.75) is 38.1 Å². The fourth-order valence-corrected chi connectivity index (χ4v) is 2.39. The summed E-state index contributed by atoms with van der Waals surface area (Å²) in [6.07, 6.45) is 5.56. The van der Waals surface area contributed by atoms with Gasteiger partial charge in [-0.1, -0.05) is 5.21 Å². The Morgan fingerprint density at radius 1 is 1.65 bits per heavy atom. The second-order valence-corrected chi connectivity index (χ2v) is 4.46. The van der Waals surface area contributed by atoms with Crippen molar-refractivity contribution in [3.05, 3.63) is 11.9 Å². The summed E-state index contributed by atoms with van der Waals surface area (Å²) in [5.41, 5.74) is 0.332. The molecule has 1 N–H and O–H groups in total. The molecule has 0 saturated heterocycles. The number of rotatable bonds is 4. The zero-order valence-electron chi connectivity index (χ0n) is 9.41. The van der Waals surface area contributed by atoms with Crippen LogP contribution in [0.2, 0.25) is 0 Å². The fourth-order valence-electron chi connectivity index (χ4n) is 2.39. The van der Waals surface area contributed by atoms with Crippen LogP contribution < -0.4 is 0 Å². The van der Waals surface area contributed by atoms with Gasteiger partial charge in [-0.25, -0.2) is 4.68 Å². The molecule has 0 bridgehead atoms. The van der Waals surface area contributed by atoms with Crippen molar-refractivity contribution in [2.24, 2.45) is 5.92 Å². The summed E-state index contributed by atoms with van der Waals surface area (Å²) < 4.78 is 1.74. The molecule has 1 aliphatic carbocycles. The lowest BCUT2D eigenvalue weighted by Crippen LogP contribution is -2.07. The predicted octanol–water partition coefficient (Wildman–Crippen LogP) is 1.36. The van der Waals surface area contributed by atoms with E-state index in [1.165, 1.54) is 0 Å². The Kier molecular flexibility index (Phi) is 3.38. The number of aromatic nitrogens is 3. The van der Waals surface area contributed by atoms with Crippen molar-refractivity contribution in [1.82, 2.24) is 15.0 Å². The maximum atomic E-state index is 10.5. The van der Waals surface area contributed by atoms with E-state index in [0.29, 0.717) is 11.6 Å². The summed E-state index contributed by atoms with van der Waals surface area (Å²) in [5.74, 6) is -0.285. The van der Waals surface area contributed by atoms with Crippen LogP contribution >= 0.6 is 0 Å². The maximum Gasteiger partial charge on any atom is 0.303 e. The smallest absolute Gasteiger partial charge is 0.303 e. The van der Waals surface area contributed by atoms with E-state index >= 15 is 0 Å². The van der Waals surface area contributed by atoms with Crippen LogP contribution in [0.3, 0.4) is 0 Å². The second kappa shape index (κ2) is 4.95. The average Bonchev–Trinajstić information content (AvgIpc) is 2.94. The molecular formula is C11H14N4O2. The highest BCUT2D eigenvalue weighted by Gasteiger charge is 2.27. The summed E-state index contributed by atoms with van der Waals surface area (Å²) in [5, 5.41) is 25.0. The van der Waals surface area contributed by atoms with Gasteiger partial charge >= 0.3 is 5.97 Å². The van der Waals surface area contributed by atoms with Gasteiger partial charge in [0.1, 0.15) is 6.07 Å². The molecule has 0 aromatic carbocycles. The highest BCUT2D eigenvalue weighted by Crippen LogP contribution is 2.36. The summed E-state index contributed by atoms with van der Waals surface area (Å²) >= 11 is 0. The highest BCUT2D eigenvalue weighted by atomic mass is 16.4. The molecular weight excluding hydrogens is 220 g/mol. The molecule has 0 aliphatic heterocycles. The molecule has 1 heterocycles. The Bertz CT molecular complexity index is 449. The van der Waals surface area contributed by atoms with Gasteiger partial charge in [-0.15, -0.1) is 5.10 Å². The van der Waals surface area contributed by atoms with E-state index < -0.39 is 5.97 Å². The van der Waals surface area contributed by atoms with Crippen molar-refractivity contribution in [2.75, 3.05) is 0 Å². The third-order valence-corrected chi connectivity index (χ3v) is 3.28. The van der Waals surface area contributed by atoms with Crippen LogP contribution in [-0.2, 0) is 4.79 Å². The highest BCUT2D eigenvalue weighted by molar-refractivity contribution is 5.66. The van der Waals surface area contributed by atoms with Crippen LogP contribution in [-0.4, -0.2) is 26.1 Å². The van der Waals surface area contributed by atoms with Crippen molar-refractivity contribution in [3.8, 4) is 6.07 Å². The number of nitriles is 1. The molecule has 90 valence electrons. The third-order valence-electron chi connectivity index (χ3n) is 3.28. The van der Waals surface area contributed by atoms with E-state index in [9.17, 15) is 4.79 Å². The van der Waals surface area contributed by atoms with E-state index in [1.807, 2.05) is 6.07 Å². The standard InChI is InChI=1S/C11H14N4O2/c12-6-9-7-15(14-13-9)10-3-1-8(5-10)2-4-11(16)17/h7-8,10H,1-5H2,(H,16,17). The molecule has 2 unspecified atom stereocenters. The number of aliphatic carboxylic acids is 1. The van der Waals surface area contributed by atoms with Crippen LogP contribution in [0, 0.1) is 17.2 Å². The summed E-state index contributed by atoms with van der Waals surface area (Å²) in [6.45, 7) is 0. The van der Waals surface area contributed by atoms with Gasteiger partial charge in [0.2, 0.25) is 0 Å². The third kappa shape index (κ3) is 2.81. The number of carboxylic acid groups (broad SMARTS) is 1. The summed E-state index contributed by atoms with van der Waals surface area (Å²) in [6, 6.07) is 2.22. The Hall–Kier alpha value is -1.90. The quantitative estimate of drug-likeness (QED) is 0.849. The van der Waals surface area contributed by atoms with E-state index in [1.54, 1.807) is 10.9 Å².